The molecule has 0 saturated carbocycles. The lowest BCUT2D eigenvalue weighted by molar-refractivity contribution is -0.122. The Hall–Kier alpha value is -2.28. The highest BCUT2D eigenvalue weighted by molar-refractivity contribution is 5.78. The van der Waals surface area contributed by atoms with Crippen LogP contribution >= 0.6 is 0 Å². The van der Waals surface area contributed by atoms with Crippen LogP contribution in [0, 0.1) is 6.92 Å². The quantitative estimate of drug-likeness (QED) is 0.718. The molecule has 1 aliphatic rings. The molecule has 1 aliphatic heterocycles. The Morgan fingerprint density at radius 1 is 1.11 bits per heavy atom. The maximum atomic E-state index is 12.4. The van der Waals surface area contributed by atoms with Gasteiger partial charge in [0.1, 0.15) is 0 Å². The molecule has 7 heteroatoms. The van der Waals surface area contributed by atoms with E-state index in [2.05, 4.69) is 58.5 Å². The molecule has 0 aliphatic carbocycles. The smallest absolute Gasteiger partial charge is 0.317 e. The molecule has 2 N–H and O–H groups in total. The van der Waals surface area contributed by atoms with E-state index in [1.54, 1.807) is 0 Å². The number of aryl methyl sites for hydroxylation is 1. The number of nitrogens with one attached hydrogen (secondary N) is 2. The van der Waals surface area contributed by atoms with E-state index in [-0.39, 0.29) is 11.9 Å². The molecule has 0 radical (unpaired) electrons. The number of piperazine rings is 1. The second kappa shape index (κ2) is 10.8. The lowest BCUT2D eigenvalue weighted by Crippen LogP contribution is -2.54. The molecule has 2 rings (SSSR count). The van der Waals surface area contributed by atoms with Crippen molar-refractivity contribution in [1.29, 1.82) is 0 Å². The second-order valence-corrected chi connectivity index (χ2v) is 6.87. The first-order valence-corrected chi connectivity index (χ1v) is 9.87. The van der Waals surface area contributed by atoms with Gasteiger partial charge < -0.3 is 20.4 Å². The van der Waals surface area contributed by atoms with E-state index in [1.165, 1.54) is 11.3 Å². The van der Waals surface area contributed by atoms with Crippen molar-refractivity contribution in [2.45, 2.75) is 20.8 Å². The first-order chi connectivity index (χ1) is 13.0. The minimum atomic E-state index is -0.0204. The van der Waals surface area contributed by atoms with Gasteiger partial charge in [0, 0.05) is 58.0 Å². The van der Waals surface area contributed by atoms with Crippen molar-refractivity contribution >= 4 is 17.6 Å². The van der Waals surface area contributed by atoms with E-state index in [9.17, 15) is 9.59 Å². The third-order valence-electron chi connectivity index (χ3n) is 4.81. The number of rotatable bonds is 8. The van der Waals surface area contributed by atoms with Gasteiger partial charge >= 0.3 is 6.03 Å². The number of hydrogen-bond acceptors (Lipinski definition) is 4. The molecule has 0 atom stereocenters. The number of hydrogen-bond donors (Lipinski definition) is 2. The topological polar surface area (TPSA) is 67.9 Å². The molecule has 0 spiro atoms. The number of benzene rings is 1. The van der Waals surface area contributed by atoms with Gasteiger partial charge in [0.15, 0.2) is 0 Å². The first kappa shape index (κ1) is 21.0. The Morgan fingerprint density at radius 2 is 1.85 bits per heavy atom. The highest BCUT2D eigenvalue weighted by atomic mass is 16.2. The van der Waals surface area contributed by atoms with Crippen LogP contribution in [0.4, 0.5) is 10.5 Å². The van der Waals surface area contributed by atoms with E-state index < -0.39 is 0 Å². The minimum Gasteiger partial charge on any atom is -0.370 e. The molecule has 3 amide bonds. The molecule has 150 valence electrons. The second-order valence-electron chi connectivity index (χ2n) is 6.87. The molecule has 1 aromatic carbocycles. The van der Waals surface area contributed by atoms with Crippen molar-refractivity contribution < 1.29 is 9.59 Å². The van der Waals surface area contributed by atoms with Gasteiger partial charge in [0.05, 0.1) is 6.54 Å². The number of carbonyl (C=O) groups excluding carboxylic acids is 2. The number of amides is 3. The van der Waals surface area contributed by atoms with Crippen LogP contribution in [0.2, 0.25) is 0 Å². The van der Waals surface area contributed by atoms with Crippen LogP contribution in [0.3, 0.4) is 0 Å². The van der Waals surface area contributed by atoms with Crippen molar-refractivity contribution in [2.75, 3.05) is 63.8 Å². The number of carbonyl (C=O) groups is 2. The summed E-state index contributed by atoms with van der Waals surface area (Å²) in [6, 6.07) is 8.40. The molecule has 7 nitrogen and oxygen atoms in total. The van der Waals surface area contributed by atoms with Gasteiger partial charge in [-0.25, -0.2) is 4.79 Å². The number of urea groups is 1. The number of nitrogens with zero attached hydrogens (tertiary/aromatic N) is 3. The van der Waals surface area contributed by atoms with Crippen molar-refractivity contribution in [3.63, 3.8) is 0 Å². The third-order valence-corrected chi connectivity index (χ3v) is 4.81. The largest absolute Gasteiger partial charge is 0.370 e. The zero-order valence-corrected chi connectivity index (χ0v) is 16.8. The van der Waals surface area contributed by atoms with Crippen LogP contribution in [-0.2, 0) is 4.79 Å². The van der Waals surface area contributed by atoms with Gasteiger partial charge in [-0.05, 0) is 38.5 Å². The van der Waals surface area contributed by atoms with Crippen LogP contribution in [-0.4, -0.2) is 80.6 Å². The third kappa shape index (κ3) is 6.75. The molecular formula is C20H33N5O2. The Bertz CT molecular complexity index is 614. The highest BCUT2D eigenvalue weighted by Crippen LogP contribution is 2.15. The summed E-state index contributed by atoms with van der Waals surface area (Å²) in [4.78, 5) is 30.2. The van der Waals surface area contributed by atoms with Crippen molar-refractivity contribution in [3.05, 3.63) is 29.8 Å². The highest BCUT2D eigenvalue weighted by Gasteiger charge is 2.22. The molecule has 0 unspecified atom stereocenters. The van der Waals surface area contributed by atoms with E-state index in [0.717, 1.165) is 26.2 Å². The van der Waals surface area contributed by atoms with Gasteiger partial charge in [0.2, 0.25) is 5.91 Å². The standard InChI is InChI=1S/C20H33N5O2/c1-4-21-19(26)16-23-11-13-25(14-12-23)20(27)22-9-10-24(5-2)18-8-6-7-17(3)15-18/h6-8,15H,4-5,9-14,16H2,1-3H3,(H,21,26)(H,22,27). The van der Waals surface area contributed by atoms with Gasteiger partial charge in [0.25, 0.3) is 0 Å². The van der Waals surface area contributed by atoms with Gasteiger partial charge in [-0.1, -0.05) is 12.1 Å². The summed E-state index contributed by atoms with van der Waals surface area (Å²) in [6.07, 6.45) is 0. The fourth-order valence-corrected chi connectivity index (χ4v) is 3.27. The zero-order chi connectivity index (χ0) is 19.6. The maximum Gasteiger partial charge on any atom is 0.317 e. The lowest BCUT2D eigenvalue weighted by atomic mass is 10.2. The number of likely N-dealkylation sites (N-methyl/N-ethyl adjacent to an activating group) is 2. The molecule has 1 saturated heterocycles. The van der Waals surface area contributed by atoms with Crippen LogP contribution in [0.5, 0.6) is 0 Å². The molecule has 0 aromatic heterocycles. The molecule has 27 heavy (non-hydrogen) atoms. The summed E-state index contributed by atoms with van der Waals surface area (Å²) in [7, 11) is 0. The monoisotopic (exact) mass is 375 g/mol. The van der Waals surface area contributed by atoms with Crippen molar-refractivity contribution in [3.8, 4) is 0 Å². The van der Waals surface area contributed by atoms with Gasteiger partial charge in [-0.15, -0.1) is 0 Å². The van der Waals surface area contributed by atoms with Crippen molar-refractivity contribution in [2.24, 2.45) is 0 Å². The van der Waals surface area contributed by atoms with Gasteiger partial charge in [-0.3, -0.25) is 9.69 Å². The van der Waals surface area contributed by atoms with Crippen molar-refractivity contribution in [1.82, 2.24) is 20.4 Å². The SMILES string of the molecule is CCNC(=O)CN1CCN(C(=O)NCCN(CC)c2cccc(C)c2)CC1. The summed E-state index contributed by atoms with van der Waals surface area (Å²) >= 11 is 0. The number of anilines is 1. The normalized spacial score (nSPS) is 14.7. The van der Waals surface area contributed by atoms with E-state index in [4.69, 9.17) is 0 Å². The molecule has 1 heterocycles. The Kier molecular flexibility index (Phi) is 8.39. The summed E-state index contributed by atoms with van der Waals surface area (Å²) in [5.41, 5.74) is 2.42. The lowest BCUT2D eigenvalue weighted by Gasteiger charge is -2.34. The molecule has 0 bridgehead atoms. The summed E-state index contributed by atoms with van der Waals surface area (Å²) in [5.74, 6) is 0.0474. The van der Waals surface area contributed by atoms with Crippen LogP contribution in [0.25, 0.3) is 0 Å². The van der Waals surface area contributed by atoms with E-state index in [0.29, 0.717) is 32.7 Å². The average Bonchev–Trinajstić information content (AvgIpc) is 2.66. The molecular weight excluding hydrogens is 342 g/mol. The summed E-state index contributed by atoms with van der Waals surface area (Å²) < 4.78 is 0. The predicted molar refractivity (Wildman–Crippen MR) is 109 cm³/mol. The Labute approximate surface area is 162 Å². The summed E-state index contributed by atoms with van der Waals surface area (Å²) in [5, 5.41) is 5.83. The molecule has 1 fully saturated rings. The van der Waals surface area contributed by atoms with E-state index in [1.807, 2.05) is 11.8 Å². The average molecular weight is 376 g/mol. The zero-order valence-electron chi connectivity index (χ0n) is 16.8. The summed E-state index contributed by atoms with van der Waals surface area (Å²) in [6.45, 7) is 12.2. The minimum absolute atomic E-state index is 0.0204. The molecule has 1 aromatic rings. The van der Waals surface area contributed by atoms with Gasteiger partial charge in [-0.2, -0.15) is 0 Å². The Balaban J connectivity index is 1.71. The first-order valence-electron chi connectivity index (χ1n) is 9.87. The fraction of sp³-hybridized carbons (Fsp3) is 0.600. The van der Waals surface area contributed by atoms with E-state index >= 15 is 0 Å². The Morgan fingerprint density at radius 3 is 2.48 bits per heavy atom. The maximum absolute atomic E-state index is 12.4. The van der Waals surface area contributed by atoms with Crippen LogP contribution in [0.1, 0.15) is 19.4 Å². The van der Waals surface area contributed by atoms with Crippen LogP contribution in [0.15, 0.2) is 24.3 Å². The predicted octanol–water partition coefficient (Wildman–Crippen LogP) is 1.28. The fourth-order valence-electron chi connectivity index (χ4n) is 3.27. The van der Waals surface area contributed by atoms with Crippen LogP contribution < -0.4 is 15.5 Å².